The molecule has 0 spiro atoms. The Labute approximate surface area is 72.2 Å². The lowest BCUT2D eigenvalue weighted by Crippen LogP contribution is -2.03. The van der Waals surface area contributed by atoms with Gasteiger partial charge in [-0.05, 0) is 6.42 Å². The molecule has 0 atom stereocenters. The smallest absolute Gasteiger partial charge is 0.108 e. The van der Waals surface area contributed by atoms with E-state index in [0.29, 0.717) is 5.88 Å². The predicted octanol–water partition coefficient (Wildman–Crippen LogP) is 2.07. The summed E-state index contributed by atoms with van der Waals surface area (Å²) in [5.74, 6) is 1.81. The van der Waals surface area contributed by atoms with Gasteiger partial charge in [-0.1, -0.05) is 6.92 Å². The number of hydrogen-bond acceptors (Lipinski definition) is 1. The number of aryl methyl sites for hydroxylation is 2. The van der Waals surface area contributed by atoms with Crippen molar-refractivity contribution in [3.8, 4) is 0 Å². The molecule has 1 aromatic rings. The lowest BCUT2D eigenvalue weighted by molar-refractivity contribution is 0.687. The average Bonchev–Trinajstić information content (AvgIpc) is 2.39. The summed E-state index contributed by atoms with van der Waals surface area (Å²) >= 11 is 5.62. The number of hydrogen-bond donors (Lipinski definition) is 0. The van der Waals surface area contributed by atoms with E-state index in [1.54, 1.807) is 0 Å². The number of rotatable bonds is 4. The minimum atomic E-state index is 0.660. The third-order valence-electron chi connectivity index (χ3n) is 1.60. The van der Waals surface area contributed by atoms with E-state index in [1.807, 2.05) is 12.4 Å². The molecule has 0 aliphatic heterocycles. The van der Waals surface area contributed by atoms with Crippen LogP contribution < -0.4 is 0 Å². The molecule has 0 aromatic carbocycles. The van der Waals surface area contributed by atoms with Crippen molar-refractivity contribution in [1.29, 1.82) is 0 Å². The van der Waals surface area contributed by atoms with Crippen molar-refractivity contribution in [1.82, 2.24) is 9.55 Å². The summed E-state index contributed by atoms with van der Waals surface area (Å²) in [5, 5.41) is 0. The molecule has 1 rings (SSSR count). The van der Waals surface area contributed by atoms with Crippen LogP contribution in [0.4, 0.5) is 0 Å². The number of alkyl halides is 1. The summed E-state index contributed by atoms with van der Waals surface area (Å²) in [6.45, 7) is 3.02. The third-order valence-corrected chi connectivity index (χ3v) is 1.77. The van der Waals surface area contributed by atoms with E-state index in [1.165, 1.54) is 0 Å². The fourth-order valence-corrected chi connectivity index (χ4v) is 1.27. The molecule has 0 saturated heterocycles. The average molecular weight is 173 g/mol. The Morgan fingerprint density at radius 3 is 3.09 bits per heavy atom. The maximum atomic E-state index is 5.62. The van der Waals surface area contributed by atoms with Crippen LogP contribution in [0.25, 0.3) is 0 Å². The van der Waals surface area contributed by atoms with Gasteiger partial charge in [0.2, 0.25) is 0 Å². The van der Waals surface area contributed by atoms with Crippen LogP contribution in [-0.4, -0.2) is 15.4 Å². The van der Waals surface area contributed by atoms with Crippen molar-refractivity contribution >= 4 is 11.6 Å². The van der Waals surface area contributed by atoms with Crippen LogP contribution in [0.5, 0.6) is 0 Å². The molecule has 0 unspecified atom stereocenters. The molecular weight excluding hydrogens is 160 g/mol. The molecule has 0 aliphatic rings. The molecule has 2 nitrogen and oxygen atoms in total. The Hall–Kier alpha value is -0.500. The largest absolute Gasteiger partial charge is 0.334 e. The molecule has 0 aliphatic carbocycles. The van der Waals surface area contributed by atoms with E-state index in [9.17, 15) is 0 Å². The zero-order chi connectivity index (χ0) is 8.10. The first kappa shape index (κ1) is 8.60. The van der Waals surface area contributed by atoms with E-state index < -0.39 is 0 Å². The lowest BCUT2D eigenvalue weighted by atomic mass is 10.3. The Morgan fingerprint density at radius 1 is 1.64 bits per heavy atom. The summed E-state index contributed by atoms with van der Waals surface area (Å²) < 4.78 is 2.11. The van der Waals surface area contributed by atoms with Crippen LogP contribution in [-0.2, 0) is 13.0 Å². The highest BCUT2D eigenvalue weighted by Gasteiger charge is 1.98. The van der Waals surface area contributed by atoms with Crippen molar-refractivity contribution in [2.45, 2.75) is 26.3 Å². The number of halogens is 1. The standard InChI is InChI=1S/C8H13ClN2/c1-2-3-8-10-5-7-11(8)6-4-9/h5,7H,2-4,6H2,1H3. The highest BCUT2D eigenvalue weighted by molar-refractivity contribution is 6.17. The van der Waals surface area contributed by atoms with E-state index in [4.69, 9.17) is 11.6 Å². The van der Waals surface area contributed by atoms with E-state index in [0.717, 1.165) is 25.2 Å². The molecule has 0 N–H and O–H groups in total. The van der Waals surface area contributed by atoms with Gasteiger partial charge < -0.3 is 4.57 Å². The third kappa shape index (κ3) is 2.22. The van der Waals surface area contributed by atoms with Crippen LogP contribution in [0.15, 0.2) is 12.4 Å². The van der Waals surface area contributed by atoms with Crippen LogP contribution in [0.3, 0.4) is 0 Å². The highest BCUT2D eigenvalue weighted by atomic mass is 35.5. The minimum absolute atomic E-state index is 0.660. The topological polar surface area (TPSA) is 17.8 Å². The Kier molecular flexibility index (Phi) is 3.43. The number of nitrogens with zero attached hydrogens (tertiary/aromatic N) is 2. The van der Waals surface area contributed by atoms with E-state index in [2.05, 4.69) is 16.5 Å². The summed E-state index contributed by atoms with van der Waals surface area (Å²) in [6, 6.07) is 0. The van der Waals surface area contributed by atoms with Gasteiger partial charge in [-0.3, -0.25) is 0 Å². The van der Waals surface area contributed by atoms with Gasteiger partial charge in [0.15, 0.2) is 0 Å². The quantitative estimate of drug-likeness (QED) is 0.636. The van der Waals surface area contributed by atoms with E-state index >= 15 is 0 Å². The first-order chi connectivity index (χ1) is 5.38. The monoisotopic (exact) mass is 172 g/mol. The molecule has 0 amide bonds. The van der Waals surface area contributed by atoms with Gasteiger partial charge in [-0.25, -0.2) is 4.98 Å². The van der Waals surface area contributed by atoms with Crippen LogP contribution >= 0.6 is 11.6 Å². The second-order valence-electron chi connectivity index (χ2n) is 2.48. The summed E-state index contributed by atoms with van der Waals surface area (Å²) in [6.07, 6.45) is 5.99. The molecular formula is C8H13ClN2. The van der Waals surface area contributed by atoms with Gasteiger partial charge in [0.1, 0.15) is 5.82 Å². The molecule has 0 bridgehead atoms. The van der Waals surface area contributed by atoms with Crippen molar-refractivity contribution in [2.24, 2.45) is 0 Å². The first-order valence-corrected chi connectivity index (χ1v) is 4.48. The number of imidazole rings is 1. The maximum Gasteiger partial charge on any atom is 0.108 e. The molecule has 62 valence electrons. The molecule has 1 heterocycles. The Morgan fingerprint density at radius 2 is 2.45 bits per heavy atom. The Bertz CT molecular complexity index is 187. The first-order valence-electron chi connectivity index (χ1n) is 3.94. The normalized spacial score (nSPS) is 10.4. The van der Waals surface area contributed by atoms with Crippen LogP contribution in [0, 0.1) is 0 Å². The van der Waals surface area contributed by atoms with Crippen LogP contribution in [0.2, 0.25) is 0 Å². The van der Waals surface area contributed by atoms with Gasteiger partial charge in [0.25, 0.3) is 0 Å². The lowest BCUT2D eigenvalue weighted by Gasteiger charge is -2.02. The SMILES string of the molecule is CCCc1nccn1CCCl. The van der Waals surface area contributed by atoms with E-state index in [-0.39, 0.29) is 0 Å². The van der Waals surface area contributed by atoms with Gasteiger partial charge in [0.05, 0.1) is 0 Å². The molecule has 11 heavy (non-hydrogen) atoms. The fourth-order valence-electron chi connectivity index (χ4n) is 1.09. The zero-order valence-corrected chi connectivity index (χ0v) is 7.51. The van der Waals surface area contributed by atoms with Crippen LogP contribution in [0.1, 0.15) is 19.2 Å². The zero-order valence-electron chi connectivity index (χ0n) is 6.76. The van der Waals surface area contributed by atoms with Gasteiger partial charge >= 0.3 is 0 Å². The molecule has 3 heteroatoms. The van der Waals surface area contributed by atoms with Crippen molar-refractivity contribution in [2.75, 3.05) is 5.88 Å². The second kappa shape index (κ2) is 4.39. The maximum absolute atomic E-state index is 5.62. The summed E-state index contributed by atoms with van der Waals surface area (Å²) in [7, 11) is 0. The van der Waals surface area contributed by atoms with Crippen molar-refractivity contribution < 1.29 is 0 Å². The van der Waals surface area contributed by atoms with Crippen molar-refractivity contribution in [3.63, 3.8) is 0 Å². The fraction of sp³-hybridized carbons (Fsp3) is 0.625. The molecule has 0 saturated carbocycles. The molecule has 1 aromatic heterocycles. The van der Waals surface area contributed by atoms with Gasteiger partial charge in [-0.2, -0.15) is 0 Å². The number of aromatic nitrogens is 2. The summed E-state index contributed by atoms with van der Waals surface area (Å²) in [5.41, 5.74) is 0. The predicted molar refractivity (Wildman–Crippen MR) is 46.9 cm³/mol. The summed E-state index contributed by atoms with van der Waals surface area (Å²) in [4.78, 5) is 4.23. The highest BCUT2D eigenvalue weighted by Crippen LogP contribution is 2.01. The Balaban J connectivity index is 2.62. The molecule has 0 radical (unpaired) electrons. The molecule has 0 fully saturated rings. The van der Waals surface area contributed by atoms with Gasteiger partial charge in [0, 0.05) is 31.2 Å². The minimum Gasteiger partial charge on any atom is -0.334 e. The second-order valence-corrected chi connectivity index (χ2v) is 2.85. The van der Waals surface area contributed by atoms with Gasteiger partial charge in [-0.15, -0.1) is 11.6 Å². The van der Waals surface area contributed by atoms with Crippen molar-refractivity contribution in [3.05, 3.63) is 18.2 Å².